The van der Waals surface area contributed by atoms with Gasteiger partial charge in [-0.1, -0.05) is 97.1 Å². The van der Waals surface area contributed by atoms with E-state index >= 15 is 0 Å². The van der Waals surface area contributed by atoms with Crippen molar-refractivity contribution in [3.05, 3.63) is 149 Å². The first-order chi connectivity index (χ1) is 27.4. The molecule has 4 fully saturated rings. The fourth-order valence-electron chi connectivity index (χ4n) is 8.38. The van der Waals surface area contributed by atoms with Gasteiger partial charge in [0.05, 0.1) is 26.0 Å². The van der Waals surface area contributed by atoms with Gasteiger partial charge in [0.1, 0.15) is 36.4 Å². The molecular weight excluding hydrogens is 718 g/mol. The number of aliphatic hydroxyl groups excluding tert-OH is 2. The van der Waals surface area contributed by atoms with E-state index in [2.05, 4.69) is 10.6 Å². The van der Waals surface area contributed by atoms with Crippen molar-refractivity contribution in [1.29, 1.82) is 0 Å². The maximum atomic E-state index is 15.0. The number of aliphatic hydroxyl groups is 2. The highest BCUT2D eigenvalue weighted by Gasteiger charge is 2.76. The van der Waals surface area contributed by atoms with Crippen LogP contribution in [0.1, 0.15) is 44.6 Å². The van der Waals surface area contributed by atoms with Crippen LogP contribution >= 0.6 is 0 Å². The van der Waals surface area contributed by atoms with Gasteiger partial charge in [-0.15, -0.1) is 0 Å². The number of nitrogens with zero attached hydrogens (tertiary/aromatic N) is 1. The van der Waals surface area contributed by atoms with Gasteiger partial charge in [-0.2, -0.15) is 5.06 Å². The number of amides is 2. The quantitative estimate of drug-likeness (QED) is 0.0848. The first kappa shape index (κ1) is 37.5. The second kappa shape index (κ2) is 16.0. The second-order valence-corrected chi connectivity index (χ2v) is 14.2. The lowest BCUT2D eigenvalue weighted by molar-refractivity contribution is -0.213. The number of nitrogens with one attached hydrogen (secondary N) is 2. The molecular formula is C43H43N3O10. The van der Waals surface area contributed by atoms with Gasteiger partial charge in [0.15, 0.2) is 6.04 Å². The van der Waals surface area contributed by atoms with Crippen molar-refractivity contribution in [2.45, 2.75) is 55.8 Å². The molecule has 3 heterocycles. The van der Waals surface area contributed by atoms with Crippen LogP contribution in [-0.4, -0.2) is 89.9 Å². The minimum atomic E-state index is -1.46. The van der Waals surface area contributed by atoms with Crippen molar-refractivity contribution in [3.63, 3.8) is 0 Å². The van der Waals surface area contributed by atoms with E-state index in [0.29, 0.717) is 11.1 Å². The number of benzene rings is 4. The summed E-state index contributed by atoms with van der Waals surface area (Å²) >= 11 is 0. The number of rotatable bonds is 14. The fraction of sp³-hybridized carbons (Fsp3) is 0.326. The summed E-state index contributed by atoms with van der Waals surface area (Å²) in [4.78, 5) is 48.7. The van der Waals surface area contributed by atoms with E-state index in [9.17, 15) is 14.4 Å². The summed E-state index contributed by atoms with van der Waals surface area (Å²) < 4.78 is 25.6. The number of fused-ring (bicyclic) bond motifs is 4. The lowest BCUT2D eigenvalue weighted by Gasteiger charge is -2.48. The van der Waals surface area contributed by atoms with Crippen molar-refractivity contribution < 1.29 is 48.4 Å². The van der Waals surface area contributed by atoms with Gasteiger partial charge < -0.3 is 39.8 Å². The first-order valence-corrected chi connectivity index (χ1v) is 18.7. The van der Waals surface area contributed by atoms with Gasteiger partial charge in [0, 0.05) is 36.2 Å². The molecule has 0 aromatic heterocycles. The molecule has 2 amide bonds. The largest absolute Gasteiger partial charge is 0.499 e. The number of ether oxygens (including phenoxy) is 4. The highest BCUT2D eigenvalue weighted by molar-refractivity contribution is 5.95. The summed E-state index contributed by atoms with van der Waals surface area (Å²) in [7, 11) is 0. The van der Waals surface area contributed by atoms with Crippen molar-refractivity contribution in [2.24, 2.45) is 5.41 Å². The SMILES string of the molecule is O=C(NCCO)c1cccc(CNC(=O)C23CC4OC(=O)C2N(Cc2ccccc2C=COCCO)OC3C2OC(c3ccccc3)(c3ccccc3)OC42)c1. The average Bonchev–Trinajstić information content (AvgIpc) is 3.82. The van der Waals surface area contributed by atoms with Crippen LogP contribution in [0.3, 0.4) is 0 Å². The maximum absolute atomic E-state index is 15.0. The van der Waals surface area contributed by atoms with Gasteiger partial charge in [-0.05, 0) is 34.9 Å². The van der Waals surface area contributed by atoms with Crippen LogP contribution in [0.15, 0.2) is 115 Å². The number of hydrogen-bond acceptors (Lipinski definition) is 11. The van der Waals surface area contributed by atoms with E-state index in [-0.39, 0.29) is 51.8 Å². The van der Waals surface area contributed by atoms with E-state index in [0.717, 1.165) is 22.3 Å². The van der Waals surface area contributed by atoms with Crippen LogP contribution in [0, 0.1) is 5.41 Å². The third-order valence-corrected chi connectivity index (χ3v) is 10.9. The van der Waals surface area contributed by atoms with Gasteiger partial charge in [0.25, 0.3) is 5.91 Å². The number of hydroxylamine groups is 2. The Morgan fingerprint density at radius 1 is 0.857 bits per heavy atom. The molecule has 13 nitrogen and oxygen atoms in total. The number of carbonyl (C=O) groups excluding carboxylic acids is 3. The standard InChI is InChI=1S/C43H43N3O10/c47-20-19-44-39(49)30-13-9-10-28(24-30)26-45-41(51)42-25-34-35-36(55-43(54-35,32-14-3-1-4-15-32)33-16-5-2-6-17-33)38(42)56-46(37(42)40(50)53-34)27-31-12-8-7-11-29(31)18-22-52-23-21-48/h1-18,22,24,34-38,47-48H,19-21,23,25-27H2,(H,44,49)(H,45,51). The van der Waals surface area contributed by atoms with E-state index in [1.165, 1.54) is 11.3 Å². The number of carbonyl (C=O) groups is 3. The van der Waals surface area contributed by atoms with Crippen molar-refractivity contribution >= 4 is 23.9 Å². The van der Waals surface area contributed by atoms with Crippen molar-refractivity contribution in [1.82, 2.24) is 15.7 Å². The highest BCUT2D eigenvalue weighted by Crippen LogP contribution is 2.59. The van der Waals surface area contributed by atoms with E-state index in [1.807, 2.05) is 84.9 Å². The lowest BCUT2D eigenvalue weighted by Crippen LogP contribution is -2.69. The molecule has 4 aromatic rings. The summed E-state index contributed by atoms with van der Waals surface area (Å²) in [6.45, 7) is 0.111. The van der Waals surface area contributed by atoms with Crippen LogP contribution in [0.4, 0.5) is 0 Å². The Kier molecular flexibility index (Phi) is 10.7. The zero-order valence-corrected chi connectivity index (χ0v) is 30.5. The van der Waals surface area contributed by atoms with Gasteiger partial charge in [-0.3, -0.25) is 19.2 Å². The molecule has 13 heteroatoms. The average molecular weight is 762 g/mol. The molecule has 8 rings (SSSR count). The summed E-state index contributed by atoms with van der Waals surface area (Å²) in [5, 5.41) is 25.6. The summed E-state index contributed by atoms with van der Waals surface area (Å²) in [6, 6.07) is 32.3. The molecule has 290 valence electrons. The zero-order valence-electron chi connectivity index (χ0n) is 30.5. The lowest BCUT2D eigenvalue weighted by atomic mass is 9.62. The molecule has 2 bridgehead atoms. The normalized spacial score (nSPS) is 26.0. The molecule has 4 aliphatic rings. The third kappa shape index (κ3) is 6.76. The summed E-state index contributed by atoms with van der Waals surface area (Å²) in [5.41, 5.74) is 2.63. The van der Waals surface area contributed by atoms with Gasteiger partial charge in [-0.25, -0.2) is 0 Å². The van der Waals surface area contributed by atoms with Crippen LogP contribution in [0.2, 0.25) is 0 Å². The van der Waals surface area contributed by atoms with Gasteiger partial charge in [0.2, 0.25) is 11.7 Å². The number of esters is 1. The van der Waals surface area contributed by atoms with Crippen molar-refractivity contribution in [2.75, 3.05) is 26.4 Å². The molecule has 6 unspecified atom stereocenters. The Bertz CT molecular complexity index is 2040. The molecule has 6 atom stereocenters. The fourth-order valence-corrected chi connectivity index (χ4v) is 8.38. The molecule has 4 aromatic carbocycles. The zero-order chi connectivity index (χ0) is 38.7. The Morgan fingerprint density at radius 2 is 1.57 bits per heavy atom. The third-order valence-electron chi connectivity index (χ3n) is 10.9. The Balaban J connectivity index is 1.16. The predicted octanol–water partition coefficient (Wildman–Crippen LogP) is 3.19. The monoisotopic (exact) mass is 761 g/mol. The summed E-state index contributed by atoms with van der Waals surface area (Å²) in [5.74, 6) is -2.77. The van der Waals surface area contributed by atoms with Crippen LogP contribution in [0.25, 0.3) is 6.08 Å². The predicted molar refractivity (Wildman–Crippen MR) is 201 cm³/mol. The molecule has 1 aliphatic carbocycles. The van der Waals surface area contributed by atoms with Crippen molar-refractivity contribution in [3.8, 4) is 0 Å². The first-order valence-electron chi connectivity index (χ1n) is 18.7. The minimum absolute atomic E-state index is 0.0613. The van der Waals surface area contributed by atoms with E-state index in [4.69, 9.17) is 34.0 Å². The molecule has 3 saturated heterocycles. The molecule has 1 saturated carbocycles. The molecule has 4 N–H and O–H groups in total. The summed E-state index contributed by atoms with van der Waals surface area (Å²) in [6.07, 6.45) is -0.0493. The second-order valence-electron chi connectivity index (χ2n) is 14.2. The molecule has 0 spiro atoms. The Morgan fingerprint density at radius 3 is 2.30 bits per heavy atom. The number of hydrogen-bond donors (Lipinski definition) is 4. The van der Waals surface area contributed by atoms with E-state index in [1.54, 1.807) is 30.3 Å². The van der Waals surface area contributed by atoms with E-state index < -0.39 is 53.5 Å². The van der Waals surface area contributed by atoms with Gasteiger partial charge >= 0.3 is 5.97 Å². The Labute approximate surface area is 323 Å². The minimum Gasteiger partial charge on any atom is -0.499 e. The molecule has 3 aliphatic heterocycles. The van der Waals surface area contributed by atoms with Crippen LogP contribution < -0.4 is 10.6 Å². The smallest absolute Gasteiger partial charge is 0.327 e. The van der Waals surface area contributed by atoms with Crippen LogP contribution in [0.5, 0.6) is 0 Å². The Hall–Kier alpha value is -5.41. The molecule has 56 heavy (non-hydrogen) atoms. The topological polar surface area (TPSA) is 165 Å². The highest BCUT2D eigenvalue weighted by atomic mass is 16.8. The maximum Gasteiger partial charge on any atom is 0.327 e. The van der Waals surface area contributed by atoms with Crippen LogP contribution in [-0.2, 0) is 52.3 Å². The molecule has 0 radical (unpaired) electrons.